The Morgan fingerprint density at radius 2 is 1.83 bits per heavy atom. The number of thiazole rings is 1. The van der Waals surface area contributed by atoms with Gasteiger partial charge in [0.05, 0.1) is 16.2 Å². The maximum absolute atomic E-state index is 13.4. The SMILES string of the molecule is C=C/C=C(\C=C)c1ncc(-c2ccc(CNC(=O)Cc3ccncc3)cc2S(=O)(=O)NC(C)(C)C)s1. The highest BCUT2D eigenvalue weighted by Crippen LogP contribution is 2.35. The van der Waals surface area contributed by atoms with E-state index >= 15 is 0 Å². The number of nitrogens with one attached hydrogen (secondary N) is 2. The number of pyridine rings is 1. The van der Waals surface area contributed by atoms with Crippen molar-refractivity contribution < 1.29 is 13.2 Å². The number of hydrogen-bond donors (Lipinski definition) is 2. The van der Waals surface area contributed by atoms with Gasteiger partial charge in [0.1, 0.15) is 5.01 Å². The predicted octanol–water partition coefficient (Wildman–Crippen LogP) is 4.90. The summed E-state index contributed by atoms with van der Waals surface area (Å²) >= 11 is 1.37. The lowest BCUT2D eigenvalue weighted by Crippen LogP contribution is -2.40. The predicted molar refractivity (Wildman–Crippen MR) is 146 cm³/mol. The first-order valence-electron chi connectivity index (χ1n) is 11.3. The van der Waals surface area contributed by atoms with Crippen LogP contribution in [-0.2, 0) is 27.8 Å². The lowest BCUT2D eigenvalue weighted by atomic mass is 10.1. The van der Waals surface area contributed by atoms with E-state index in [1.165, 1.54) is 11.3 Å². The first-order chi connectivity index (χ1) is 17.0. The van der Waals surface area contributed by atoms with Crippen molar-refractivity contribution in [1.82, 2.24) is 20.0 Å². The van der Waals surface area contributed by atoms with Gasteiger partial charge in [0.2, 0.25) is 15.9 Å². The molecule has 36 heavy (non-hydrogen) atoms. The van der Waals surface area contributed by atoms with Crippen LogP contribution < -0.4 is 10.0 Å². The van der Waals surface area contributed by atoms with E-state index in [1.807, 2.05) is 6.07 Å². The number of nitrogens with zero attached hydrogens (tertiary/aromatic N) is 2. The van der Waals surface area contributed by atoms with Gasteiger partial charge in [0.15, 0.2) is 0 Å². The fourth-order valence-corrected chi connectivity index (χ4v) is 6.13. The number of hydrogen-bond acceptors (Lipinski definition) is 6. The van der Waals surface area contributed by atoms with Crippen LogP contribution in [0.5, 0.6) is 0 Å². The van der Waals surface area contributed by atoms with Crippen molar-refractivity contribution in [2.24, 2.45) is 0 Å². The molecular weight excluding hydrogens is 492 g/mol. The molecule has 9 heteroatoms. The van der Waals surface area contributed by atoms with Crippen molar-refractivity contribution in [2.45, 2.75) is 44.2 Å². The Balaban J connectivity index is 1.94. The average Bonchev–Trinajstić information content (AvgIpc) is 3.30. The van der Waals surface area contributed by atoms with E-state index in [9.17, 15) is 13.2 Å². The molecule has 188 valence electrons. The summed E-state index contributed by atoms with van der Waals surface area (Å²) in [5, 5.41) is 3.57. The van der Waals surface area contributed by atoms with Crippen molar-refractivity contribution in [3.63, 3.8) is 0 Å². The molecule has 3 aromatic rings. The molecule has 0 atom stereocenters. The second-order valence-electron chi connectivity index (χ2n) is 9.09. The molecular formula is C27H30N4O3S2. The highest BCUT2D eigenvalue weighted by atomic mass is 32.2. The maximum Gasteiger partial charge on any atom is 0.241 e. The van der Waals surface area contributed by atoms with Crippen molar-refractivity contribution in [3.8, 4) is 10.4 Å². The van der Waals surface area contributed by atoms with Gasteiger partial charge in [0, 0.05) is 41.8 Å². The summed E-state index contributed by atoms with van der Waals surface area (Å²) in [7, 11) is -3.87. The van der Waals surface area contributed by atoms with E-state index in [-0.39, 0.29) is 23.8 Å². The van der Waals surface area contributed by atoms with Gasteiger partial charge in [-0.2, -0.15) is 0 Å². The van der Waals surface area contributed by atoms with Crippen molar-refractivity contribution in [2.75, 3.05) is 0 Å². The van der Waals surface area contributed by atoms with Gasteiger partial charge in [-0.3, -0.25) is 9.78 Å². The van der Waals surface area contributed by atoms with Gasteiger partial charge in [-0.05, 0) is 50.1 Å². The Hall–Kier alpha value is -3.40. The van der Waals surface area contributed by atoms with Crippen LogP contribution >= 0.6 is 11.3 Å². The van der Waals surface area contributed by atoms with Crippen LogP contribution in [0.3, 0.4) is 0 Å². The molecule has 0 unspecified atom stereocenters. The van der Waals surface area contributed by atoms with E-state index < -0.39 is 15.6 Å². The summed E-state index contributed by atoms with van der Waals surface area (Å²) in [5.41, 5.74) is 2.17. The number of carbonyl (C=O) groups excluding carboxylic acids is 1. The Labute approximate surface area is 216 Å². The van der Waals surface area contributed by atoms with Crippen LogP contribution in [0, 0.1) is 0 Å². The zero-order valence-corrected chi connectivity index (χ0v) is 22.2. The van der Waals surface area contributed by atoms with E-state index in [2.05, 4.69) is 33.2 Å². The quantitative estimate of drug-likeness (QED) is 0.369. The van der Waals surface area contributed by atoms with Crippen LogP contribution in [0.15, 0.2) is 85.2 Å². The topological polar surface area (TPSA) is 101 Å². The van der Waals surface area contributed by atoms with E-state index in [0.29, 0.717) is 21.0 Å². The molecule has 0 bridgehead atoms. The van der Waals surface area contributed by atoms with Gasteiger partial charge < -0.3 is 5.32 Å². The lowest BCUT2D eigenvalue weighted by molar-refractivity contribution is -0.120. The lowest BCUT2D eigenvalue weighted by Gasteiger charge is -2.22. The van der Waals surface area contributed by atoms with Crippen molar-refractivity contribution in [1.29, 1.82) is 0 Å². The zero-order chi connectivity index (χ0) is 26.3. The number of rotatable bonds is 10. The monoisotopic (exact) mass is 522 g/mol. The molecule has 3 rings (SSSR count). The van der Waals surface area contributed by atoms with Gasteiger partial charge in [0.25, 0.3) is 0 Å². The zero-order valence-electron chi connectivity index (χ0n) is 20.6. The number of aromatic nitrogens is 2. The minimum Gasteiger partial charge on any atom is -0.352 e. The molecule has 0 radical (unpaired) electrons. The Kier molecular flexibility index (Phi) is 8.73. The largest absolute Gasteiger partial charge is 0.352 e. The Morgan fingerprint density at radius 3 is 2.47 bits per heavy atom. The van der Waals surface area contributed by atoms with E-state index in [1.54, 1.807) is 81.9 Å². The standard InChI is InChI=1S/C27H30N4O3S2/c1-6-8-21(7-2)26-30-18-23(35-26)22-10-9-20(15-24(22)36(33,34)31-27(3,4)5)17-29-25(32)16-19-11-13-28-14-12-19/h6-15,18,31H,1-2,16-17H2,3-5H3,(H,29,32)/b21-8+. The van der Waals surface area contributed by atoms with Crippen LogP contribution in [0.4, 0.5) is 0 Å². The highest BCUT2D eigenvalue weighted by molar-refractivity contribution is 7.89. The van der Waals surface area contributed by atoms with Crippen LogP contribution in [0.2, 0.25) is 0 Å². The smallest absolute Gasteiger partial charge is 0.241 e. The molecule has 0 aliphatic rings. The van der Waals surface area contributed by atoms with Gasteiger partial charge >= 0.3 is 0 Å². The van der Waals surface area contributed by atoms with Crippen LogP contribution in [0.25, 0.3) is 16.0 Å². The molecule has 0 aliphatic heterocycles. The molecule has 0 fully saturated rings. The Bertz CT molecular complexity index is 1390. The summed E-state index contributed by atoms with van der Waals surface area (Å²) in [6, 6.07) is 8.73. The summed E-state index contributed by atoms with van der Waals surface area (Å²) in [6.45, 7) is 13.1. The molecule has 0 saturated heterocycles. The summed E-state index contributed by atoms with van der Waals surface area (Å²) in [5.74, 6) is -0.166. The molecule has 0 saturated carbocycles. The number of carbonyl (C=O) groups is 1. The number of sulfonamides is 1. The molecule has 2 aromatic heterocycles. The fraction of sp³-hybridized carbons (Fsp3) is 0.222. The Morgan fingerprint density at radius 1 is 1.11 bits per heavy atom. The van der Waals surface area contributed by atoms with Gasteiger partial charge in [-0.1, -0.05) is 43.5 Å². The normalized spacial score (nSPS) is 12.2. The average molecular weight is 523 g/mol. The van der Waals surface area contributed by atoms with Gasteiger partial charge in [-0.15, -0.1) is 11.3 Å². The number of benzene rings is 1. The first kappa shape index (κ1) is 27.2. The molecule has 0 aliphatic carbocycles. The van der Waals surface area contributed by atoms with E-state index in [4.69, 9.17) is 0 Å². The minimum atomic E-state index is -3.87. The molecule has 2 N–H and O–H groups in total. The second-order valence-corrected chi connectivity index (χ2v) is 11.8. The van der Waals surface area contributed by atoms with Gasteiger partial charge in [-0.25, -0.2) is 18.1 Å². The minimum absolute atomic E-state index is 0.126. The highest BCUT2D eigenvalue weighted by Gasteiger charge is 2.26. The second kappa shape index (κ2) is 11.6. The third kappa shape index (κ3) is 7.30. The molecule has 2 heterocycles. The van der Waals surface area contributed by atoms with Crippen molar-refractivity contribution in [3.05, 3.63) is 96.4 Å². The third-order valence-electron chi connectivity index (χ3n) is 4.92. The van der Waals surface area contributed by atoms with E-state index in [0.717, 1.165) is 11.1 Å². The molecule has 1 aromatic carbocycles. The first-order valence-corrected chi connectivity index (χ1v) is 13.6. The summed E-state index contributed by atoms with van der Waals surface area (Å²) in [6.07, 6.45) is 10.3. The summed E-state index contributed by atoms with van der Waals surface area (Å²) < 4.78 is 29.6. The molecule has 1 amide bonds. The number of amides is 1. The van der Waals surface area contributed by atoms with Crippen LogP contribution in [-0.4, -0.2) is 29.8 Å². The fourth-order valence-electron chi connectivity index (χ4n) is 3.40. The van der Waals surface area contributed by atoms with Crippen molar-refractivity contribution >= 4 is 32.8 Å². The third-order valence-corrected chi connectivity index (χ3v) is 7.79. The van der Waals surface area contributed by atoms with Crippen LogP contribution in [0.1, 0.15) is 36.9 Å². The molecule has 7 nitrogen and oxygen atoms in total. The maximum atomic E-state index is 13.4. The number of allylic oxidation sites excluding steroid dienone is 4. The summed E-state index contributed by atoms with van der Waals surface area (Å²) in [4.78, 5) is 21.6. The molecule has 0 spiro atoms.